The van der Waals surface area contributed by atoms with Crippen LogP contribution >= 0.6 is 11.8 Å². The lowest BCUT2D eigenvalue weighted by atomic mass is 10.1. The van der Waals surface area contributed by atoms with Crippen LogP contribution in [0.2, 0.25) is 0 Å². The summed E-state index contributed by atoms with van der Waals surface area (Å²) >= 11 is 1.65. The van der Waals surface area contributed by atoms with E-state index in [-0.39, 0.29) is 17.4 Å². The molecule has 1 N–H and O–H groups in total. The minimum Gasteiger partial charge on any atom is -0.497 e. The monoisotopic (exact) mass is 442 g/mol. The summed E-state index contributed by atoms with van der Waals surface area (Å²) in [6, 6.07) is 15.3. The minimum absolute atomic E-state index is 0.0426. The van der Waals surface area contributed by atoms with Gasteiger partial charge in [-0.05, 0) is 64.4 Å². The third-order valence-electron chi connectivity index (χ3n) is 4.76. The van der Waals surface area contributed by atoms with Crippen molar-refractivity contribution in [1.82, 2.24) is 10.2 Å². The third kappa shape index (κ3) is 8.29. The predicted molar refractivity (Wildman–Crippen MR) is 127 cm³/mol. The average molecular weight is 443 g/mol. The van der Waals surface area contributed by atoms with Crippen LogP contribution in [0, 0.1) is 6.92 Å². The lowest BCUT2D eigenvalue weighted by molar-refractivity contribution is -0.140. The van der Waals surface area contributed by atoms with Gasteiger partial charge >= 0.3 is 0 Å². The number of nitrogens with zero attached hydrogens (tertiary/aromatic N) is 1. The highest BCUT2D eigenvalue weighted by Gasteiger charge is 2.28. The fourth-order valence-corrected chi connectivity index (χ4v) is 3.90. The highest BCUT2D eigenvalue weighted by Crippen LogP contribution is 2.21. The zero-order valence-electron chi connectivity index (χ0n) is 19.4. The van der Waals surface area contributed by atoms with Crippen molar-refractivity contribution < 1.29 is 14.3 Å². The Labute approximate surface area is 190 Å². The van der Waals surface area contributed by atoms with Crippen LogP contribution in [0.15, 0.2) is 53.4 Å². The van der Waals surface area contributed by atoms with Gasteiger partial charge in [0.2, 0.25) is 11.8 Å². The molecular formula is C25H34N2O3S. The zero-order chi connectivity index (χ0) is 23.0. The summed E-state index contributed by atoms with van der Waals surface area (Å²) in [6.07, 6.45) is 0.357. The molecule has 168 valence electrons. The number of carbonyl (C=O) groups is 2. The van der Waals surface area contributed by atoms with Crippen molar-refractivity contribution in [2.75, 3.05) is 12.9 Å². The Morgan fingerprint density at radius 2 is 1.81 bits per heavy atom. The molecule has 0 heterocycles. The molecule has 0 fully saturated rings. The maximum atomic E-state index is 13.2. The van der Waals surface area contributed by atoms with Gasteiger partial charge in [-0.1, -0.05) is 29.8 Å². The molecule has 0 unspecified atom stereocenters. The van der Waals surface area contributed by atoms with Crippen LogP contribution in [0.5, 0.6) is 5.75 Å². The van der Waals surface area contributed by atoms with Gasteiger partial charge < -0.3 is 15.0 Å². The molecule has 2 rings (SSSR count). The first-order valence-electron chi connectivity index (χ1n) is 10.5. The largest absolute Gasteiger partial charge is 0.497 e. The van der Waals surface area contributed by atoms with Gasteiger partial charge in [-0.15, -0.1) is 11.8 Å². The van der Waals surface area contributed by atoms with Crippen molar-refractivity contribution in [3.63, 3.8) is 0 Å². The first-order chi connectivity index (χ1) is 14.6. The van der Waals surface area contributed by atoms with Gasteiger partial charge in [0.05, 0.1) is 7.11 Å². The fraction of sp³-hybridized carbons (Fsp3) is 0.440. The number of amides is 2. The number of methoxy groups -OCH3 is 1. The number of thioether (sulfide) groups is 1. The van der Waals surface area contributed by atoms with Gasteiger partial charge in [-0.25, -0.2) is 0 Å². The number of ether oxygens (including phenoxy) is 1. The second-order valence-electron chi connectivity index (χ2n) is 8.70. The van der Waals surface area contributed by atoms with Crippen LogP contribution in [-0.4, -0.2) is 41.2 Å². The summed E-state index contributed by atoms with van der Waals surface area (Å²) in [5.74, 6) is 1.19. The quantitative estimate of drug-likeness (QED) is 0.566. The lowest BCUT2D eigenvalue weighted by Crippen LogP contribution is -2.52. The van der Waals surface area contributed by atoms with Gasteiger partial charge in [0, 0.05) is 29.2 Å². The number of aryl methyl sites for hydroxylation is 1. The fourth-order valence-electron chi connectivity index (χ4n) is 3.06. The Morgan fingerprint density at radius 1 is 1.13 bits per heavy atom. The molecule has 0 saturated carbocycles. The molecule has 31 heavy (non-hydrogen) atoms. The number of benzene rings is 2. The normalized spacial score (nSPS) is 12.2. The maximum Gasteiger partial charge on any atom is 0.242 e. The SMILES string of the molecule is COc1cccc(CN(C(=O)CCSc2ccc(C)cc2)[C@H](C)C(=O)NC(C)(C)C)c1. The van der Waals surface area contributed by atoms with Crippen molar-refractivity contribution in [1.29, 1.82) is 0 Å². The Bertz CT molecular complexity index is 875. The van der Waals surface area contributed by atoms with Gasteiger partial charge in [0.25, 0.3) is 0 Å². The molecule has 0 bridgehead atoms. The molecule has 0 aliphatic carbocycles. The maximum absolute atomic E-state index is 13.2. The smallest absolute Gasteiger partial charge is 0.242 e. The van der Waals surface area contributed by atoms with Crippen LogP contribution in [0.3, 0.4) is 0 Å². The zero-order valence-corrected chi connectivity index (χ0v) is 20.2. The summed E-state index contributed by atoms with van der Waals surface area (Å²) in [6.45, 7) is 9.99. The highest BCUT2D eigenvalue weighted by molar-refractivity contribution is 7.99. The van der Waals surface area contributed by atoms with E-state index in [4.69, 9.17) is 4.74 Å². The third-order valence-corrected chi connectivity index (χ3v) is 5.77. The van der Waals surface area contributed by atoms with Gasteiger partial charge in [0.15, 0.2) is 0 Å². The number of nitrogens with one attached hydrogen (secondary N) is 1. The average Bonchev–Trinajstić information content (AvgIpc) is 2.71. The molecule has 0 spiro atoms. The Morgan fingerprint density at radius 3 is 2.42 bits per heavy atom. The molecule has 0 aliphatic heterocycles. The van der Waals surface area contributed by atoms with Crippen molar-refractivity contribution in [2.45, 2.75) is 64.1 Å². The second kappa shape index (κ2) is 11.2. The summed E-state index contributed by atoms with van der Waals surface area (Å²) < 4.78 is 5.31. The molecule has 6 heteroatoms. The van der Waals surface area contributed by atoms with E-state index in [2.05, 4.69) is 36.5 Å². The lowest BCUT2D eigenvalue weighted by Gasteiger charge is -2.31. The molecular weight excluding hydrogens is 408 g/mol. The summed E-state index contributed by atoms with van der Waals surface area (Å²) in [4.78, 5) is 28.8. The van der Waals surface area contributed by atoms with Gasteiger partial charge in [0.1, 0.15) is 11.8 Å². The summed E-state index contributed by atoms with van der Waals surface area (Å²) in [5.41, 5.74) is 1.77. The van der Waals surface area contributed by atoms with Gasteiger partial charge in [-0.2, -0.15) is 0 Å². The molecule has 0 radical (unpaired) electrons. The van der Waals surface area contributed by atoms with Crippen molar-refractivity contribution in [3.05, 3.63) is 59.7 Å². The molecule has 5 nitrogen and oxygen atoms in total. The first-order valence-corrected chi connectivity index (χ1v) is 11.5. The van der Waals surface area contributed by atoms with Crippen LogP contribution in [-0.2, 0) is 16.1 Å². The molecule has 0 aliphatic rings. The molecule has 2 amide bonds. The second-order valence-corrected chi connectivity index (χ2v) is 9.87. The van der Waals surface area contributed by atoms with E-state index in [0.717, 1.165) is 16.2 Å². The standard InChI is InChI=1S/C25H34N2O3S/c1-18-10-12-22(13-11-18)31-15-14-23(28)27(19(2)24(29)26-25(3,4)5)17-20-8-7-9-21(16-20)30-6/h7-13,16,19H,14-15,17H2,1-6H3,(H,26,29)/t19-/m1/s1. The van der Waals surface area contributed by atoms with E-state index in [1.807, 2.05) is 45.0 Å². The number of hydrogen-bond acceptors (Lipinski definition) is 4. The Kier molecular flexibility index (Phi) is 8.99. The summed E-state index contributed by atoms with van der Waals surface area (Å²) in [5, 5.41) is 2.99. The van der Waals surface area contributed by atoms with Crippen molar-refractivity contribution in [2.24, 2.45) is 0 Å². The predicted octanol–water partition coefficient (Wildman–Crippen LogP) is 4.82. The topological polar surface area (TPSA) is 58.6 Å². The van der Waals surface area contributed by atoms with E-state index < -0.39 is 6.04 Å². The van der Waals surface area contributed by atoms with E-state index in [9.17, 15) is 9.59 Å². The molecule has 2 aromatic carbocycles. The molecule has 0 aromatic heterocycles. The van der Waals surface area contributed by atoms with Crippen LogP contribution in [0.1, 0.15) is 45.2 Å². The highest BCUT2D eigenvalue weighted by atomic mass is 32.2. The molecule has 0 saturated heterocycles. The number of carbonyl (C=O) groups excluding carboxylic acids is 2. The number of hydrogen-bond donors (Lipinski definition) is 1. The minimum atomic E-state index is -0.581. The van der Waals surface area contributed by atoms with Crippen molar-refractivity contribution >= 4 is 23.6 Å². The first kappa shape index (κ1) is 24.8. The Hall–Kier alpha value is -2.47. The van der Waals surface area contributed by atoms with Crippen LogP contribution in [0.4, 0.5) is 0 Å². The Balaban J connectivity index is 2.11. The van der Waals surface area contributed by atoms with Crippen molar-refractivity contribution in [3.8, 4) is 5.75 Å². The molecule has 2 aromatic rings. The van der Waals surface area contributed by atoms with E-state index in [1.54, 1.807) is 30.7 Å². The van der Waals surface area contributed by atoms with E-state index in [1.165, 1.54) is 5.56 Å². The van der Waals surface area contributed by atoms with Crippen LogP contribution < -0.4 is 10.1 Å². The summed E-state index contributed by atoms with van der Waals surface area (Å²) in [7, 11) is 1.61. The van der Waals surface area contributed by atoms with E-state index in [0.29, 0.717) is 18.7 Å². The van der Waals surface area contributed by atoms with Crippen LogP contribution in [0.25, 0.3) is 0 Å². The van der Waals surface area contributed by atoms with Gasteiger partial charge in [-0.3, -0.25) is 9.59 Å². The number of rotatable bonds is 9. The molecule has 1 atom stereocenters. The van der Waals surface area contributed by atoms with E-state index >= 15 is 0 Å².